The molecule has 0 amide bonds. The Balaban J connectivity index is 1.91. The Labute approximate surface area is 75.9 Å². The molecular formula is C8H11ClN2O. The van der Waals surface area contributed by atoms with Gasteiger partial charge < -0.3 is 10.3 Å². The van der Waals surface area contributed by atoms with Gasteiger partial charge in [0, 0.05) is 11.1 Å². The molecule has 1 heterocycles. The smallest absolute Gasteiger partial charge is 0.229 e. The fourth-order valence-electron chi connectivity index (χ4n) is 1.20. The number of hydrogen-bond acceptors (Lipinski definition) is 3. The number of aryl methyl sites for hydroxylation is 1. The van der Waals surface area contributed by atoms with Crippen LogP contribution in [0.1, 0.15) is 24.8 Å². The van der Waals surface area contributed by atoms with Gasteiger partial charge in [0.1, 0.15) is 0 Å². The summed E-state index contributed by atoms with van der Waals surface area (Å²) in [7, 11) is 0. The van der Waals surface area contributed by atoms with Crippen LogP contribution in [-0.4, -0.2) is 10.7 Å². The van der Waals surface area contributed by atoms with Crippen molar-refractivity contribution in [3.8, 4) is 0 Å². The number of nitrogens with zero attached hydrogens (tertiary/aromatic N) is 1. The maximum atomic E-state index is 5.92. The van der Waals surface area contributed by atoms with Crippen molar-refractivity contribution in [3.05, 3.63) is 17.0 Å². The molecule has 1 aliphatic rings. The Morgan fingerprint density at radius 2 is 2.42 bits per heavy atom. The minimum absolute atomic E-state index is 0.0839. The predicted molar refractivity (Wildman–Crippen MR) is 46.0 cm³/mol. The van der Waals surface area contributed by atoms with Crippen LogP contribution in [0.15, 0.2) is 10.7 Å². The van der Waals surface area contributed by atoms with Crippen molar-refractivity contribution in [1.82, 2.24) is 5.16 Å². The second kappa shape index (κ2) is 2.75. The zero-order valence-electron chi connectivity index (χ0n) is 6.72. The Hall–Kier alpha value is -0.540. The number of hydrogen-bond donors (Lipinski definition) is 1. The summed E-state index contributed by atoms with van der Waals surface area (Å²) in [6.45, 7) is 0. The van der Waals surface area contributed by atoms with Crippen LogP contribution in [0.3, 0.4) is 0 Å². The van der Waals surface area contributed by atoms with Gasteiger partial charge >= 0.3 is 0 Å². The van der Waals surface area contributed by atoms with Crippen LogP contribution in [0.5, 0.6) is 0 Å². The van der Waals surface area contributed by atoms with Crippen molar-refractivity contribution < 1.29 is 4.52 Å². The molecule has 0 spiro atoms. The van der Waals surface area contributed by atoms with Crippen LogP contribution in [0, 0.1) is 0 Å². The fourth-order valence-corrected chi connectivity index (χ4v) is 1.39. The van der Waals surface area contributed by atoms with Gasteiger partial charge in [0.25, 0.3) is 0 Å². The van der Waals surface area contributed by atoms with E-state index in [0.29, 0.717) is 5.22 Å². The van der Waals surface area contributed by atoms with E-state index in [1.165, 1.54) is 0 Å². The highest BCUT2D eigenvalue weighted by molar-refractivity contribution is 6.29. The van der Waals surface area contributed by atoms with Gasteiger partial charge in [0.05, 0.1) is 6.20 Å². The van der Waals surface area contributed by atoms with E-state index < -0.39 is 0 Å². The Kier molecular flexibility index (Phi) is 1.85. The highest BCUT2D eigenvalue weighted by Crippen LogP contribution is 2.37. The molecule has 1 fully saturated rings. The largest absolute Gasteiger partial charge is 0.344 e. The van der Waals surface area contributed by atoms with Gasteiger partial charge in [0.2, 0.25) is 5.22 Å². The van der Waals surface area contributed by atoms with Gasteiger partial charge in [-0.15, -0.1) is 0 Å². The zero-order valence-corrected chi connectivity index (χ0v) is 7.47. The highest BCUT2D eigenvalue weighted by atomic mass is 35.5. The van der Waals surface area contributed by atoms with E-state index in [9.17, 15) is 0 Å². The van der Waals surface area contributed by atoms with Crippen molar-refractivity contribution >= 4 is 11.6 Å². The fraction of sp³-hybridized carbons (Fsp3) is 0.625. The van der Waals surface area contributed by atoms with Crippen molar-refractivity contribution in [3.63, 3.8) is 0 Å². The summed E-state index contributed by atoms with van der Waals surface area (Å²) in [6, 6.07) is 0. The van der Waals surface area contributed by atoms with Crippen LogP contribution in [0.4, 0.5) is 0 Å². The predicted octanol–water partition coefficient (Wildman–Crippen LogP) is 1.75. The topological polar surface area (TPSA) is 52.0 Å². The van der Waals surface area contributed by atoms with E-state index in [1.54, 1.807) is 6.20 Å². The van der Waals surface area contributed by atoms with Gasteiger partial charge in [-0.2, -0.15) is 0 Å². The summed E-state index contributed by atoms with van der Waals surface area (Å²) < 4.78 is 4.72. The number of nitrogens with two attached hydrogens (primary N) is 1. The Bertz CT molecular complexity index is 280. The quantitative estimate of drug-likeness (QED) is 0.783. The first-order valence-corrected chi connectivity index (χ1v) is 4.45. The molecule has 1 aromatic heterocycles. The van der Waals surface area contributed by atoms with Gasteiger partial charge in [-0.3, -0.25) is 0 Å². The lowest BCUT2D eigenvalue weighted by Gasteiger charge is -2.05. The molecule has 12 heavy (non-hydrogen) atoms. The Morgan fingerprint density at radius 1 is 1.67 bits per heavy atom. The second-order valence-corrected chi connectivity index (χ2v) is 3.83. The highest BCUT2D eigenvalue weighted by Gasteiger charge is 2.37. The van der Waals surface area contributed by atoms with Crippen molar-refractivity contribution in [2.24, 2.45) is 5.73 Å². The maximum Gasteiger partial charge on any atom is 0.229 e. The van der Waals surface area contributed by atoms with E-state index in [4.69, 9.17) is 21.9 Å². The normalized spacial score (nSPS) is 19.5. The number of halogens is 1. The SMILES string of the molecule is NC1(CCc2cnoc2Cl)CC1. The monoisotopic (exact) mass is 186 g/mol. The second-order valence-electron chi connectivity index (χ2n) is 3.49. The molecule has 1 saturated carbocycles. The maximum absolute atomic E-state index is 5.92. The third kappa shape index (κ3) is 1.62. The summed E-state index contributed by atoms with van der Waals surface area (Å²) in [5, 5.41) is 4.00. The average Bonchev–Trinajstić information content (AvgIpc) is 2.61. The van der Waals surface area contributed by atoms with E-state index in [0.717, 1.165) is 31.2 Å². The molecule has 66 valence electrons. The van der Waals surface area contributed by atoms with Crippen LogP contribution in [0.25, 0.3) is 0 Å². The number of rotatable bonds is 3. The molecule has 0 aliphatic heterocycles. The first kappa shape index (κ1) is 8.08. The third-order valence-corrected chi connectivity index (χ3v) is 2.69. The third-order valence-electron chi connectivity index (χ3n) is 2.38. The molecular weight excluding hydrogens is 176 g/mol. The van der Waals surface area contributed by atoms with Crippen LogP contribution < -0.4 is 5.73 Å². The standard InChI is InChI=1S/C8H11ClN2O/c9-7-6(5-11-12-7)1-2-8(10)3-4-8/h5H,1-4,10H2. The molecule has 2 N–H and O–H groups in total. The first-order chi connectivity index (χ1) is 5.70. The van der Waals surface area contributed by atoms with E-state index in [1.807, 2.05) is 0 Å². The van der Waals surface area contributed by atoms with Crippen LogP contribution in [-0.2, 0) is 6.42 Å². The summed E-state index contributed by atoms with van der Waals surface area (Å²) in [5.74, 6) is 0. The first-order valence-electron chi connectivity index (χ1n) is 4.08. The van der Waals surface area contributed by atoms with Gasteiger partial charge in [-0.05, 0) is 37.3 Å². The van der Waals surface area contributed by atoms with E-state index in [2.05, 4.69) is 5.16 Å². The van der Waals surface area contributed by atoms with Crippen molar-refractivity contribution in [2.45, 2.75) is 31.2 Å². The lowest BCUT2D eigenvalue weighted by molar-refractivity contribution is 0.420. The molecule has 2 rings (SSSR count). The zero-order chi connectivity index (χ0) is 8.60. The molecule has 0 bridgehead atoms. The minimum atomic E-state index is 0.0839. The summed E-state index contributed by atoms with van der Waals surface area (Å²) in [6.07, 6.45) is 5.78. The molecule has 0 unspecified atom stereocenters. The molecule has 0 atom stereocenters. The van der Waals surface area contributed by atoms with Gasteiger partial charge in [-0.25, -0.2) is 0 Å². The van der Waals surface area contributed by atoms with E-state index >= 15 is 0 Å². The van der Waals surface area contributed by atoms with Crippen LogP contribution in [0.2, 0.25) is 5.22 Å². The summed E-state index contributed by atoms with van der Waals surface area (Å²) in [5.41, 5.74) is 6.97. The number of aromatic nitrogens is 1. The van der Waals surface area contributed by atoms with Crippen LogP contribution >= 0.6 is 11.6 Å². The lowest BCUT2D eigenvalue weighted by Crippen LogP contribution is -2.21. The minimum Gasteiger partial charge on any atom is -0.344 e. The lowest BCUT2D eigenvalue weighted by atomic mass is 10.1. The average molecular weight is 187 g/mol. The van der Waals surface area contributed by atoms with Crippen molar-refractivity contribution in [1.29, 1.82) is 0 Å². The Morgan fingerprint density at radius 3 is 2.92 bits per heavy atom. The van der Waals surface area contributed by atoms with E-state index in [-0.39, 0.29) is 5.54 Å². The summed E-state index contributed by atoms with van der Waals surface area (Å²) in [4.78, 5) is 0. The summed E-state index contributed by atoms with van der Waals surface area (Å²) >= 11 is 5.72. The molecule has 1 aliphatic carbocycles. The molecule has 0 saturated heterocycles. The molecule has 3 nitrogen and oxygen atoms in total. The molecule has 0 radical (unpaired) electrons. The van der Waals surface area contributed by atoms with Gasteiger partial charge in [0.15, 0.2) is 0 Å². The molecule has 1 aromatic rings. The molecule has 0 aromatic carbocycles. The molecule has 4 heteroatoms. The van der Waals surface area contributed by atoms with Gasteiger partial charge in [-0.1, -0.05) is 5.16 Å². The van der Waals surface area contributed by atoms with Crippen molar-refractivity contribution in [2.75, 3.05) is 0 Å².